The number of carbonyl (C=O) groups excluding carboxylic acids is 1. The summed E-state index contributed by atoms with van der Waals surface area (Å²) < 4.78 is 0. The zero-order valence-corrected chi connectivity index (χ0v) is 13.2. The van der Waals surface area contributed by atoms with Crippen molar-refractivity contribution in [3.63, 3.8) is 0 Å². The van der Waals surface area contributed by atoms with Crippen LogP contribution in [0.4, 0.5) is 0 Å². The molecule has 0 radical (unpaired) electrons. The van der Waals surface area contributed by atoms with E-state index < -0.39 is 0 Å². The lowest BCUT2D eigenvalue weighted by atomic mass is 9.96. The Kier molecular flexibility index (Phi) is 5.81. The summed E-state index contributed by atoms with van der Waals surface area (Å²) in [4.78, 5) is 14.5. The predicted octanol–water partition coefficient (Wildman–Crippen LogP) is 1.74. The first-order chi connectivity index (χ1) is 8.75. The summed E-state index contributed by atoms with van der Waals surface area (Å²) in [6.45, 7) is 12.9. The Labute approximate surface area is 118 Å². The third-order valence-electron chi connectivity index (χ3n) is 4.35. The van der Waals surface area contributed by atoms with Crippen LogP contribution in [0.1, 0.15) is 53.9 Å². The van der Waals surface area contributed by atoms with Crippen LogP contribution in [-0.2, 0) is 4.79 Å². The average Bonchev–Trinajstić information content (AvgIpc) is 2.36. The summed E-state index contributed by atoms with van der Waals surface area (Å²) in [5.41, 5.74) is 6.19. The van der Waals surface area contributed by atoms with Crippen LogP contribution in [0.25, 0.3) is 0 Å². The number of nitrogens with zero attached hydrogens (tertiary/aromatic N) is 1. The maximum absolute atomic E-state index is 12.0. The van der Waals surface area contributed by atoms with Crippen LogP contribution in [-0.4, -0.2) is 41.5 Å². The van der Waals surface area contributed by atoms with Crippen LogP contribution in [0.2, 0.25) is 0 Å². The van der Waals surface area contributed by atoms with Crippen LogP contribution >= 0.6 is 0 Å². The highest BCUT2D eigenvalue weighted by Gasteiger charge is 2.29. The second-order valence-electron chi connectivity index (χ2n) is 6.85. The molecule has 1 amide bonds. The van der Waals surface area contributed by atoms with E-state index in [-0.39, 0.29) is 23.4 Å². The van der Waals surface area contributed by atoms with Crippen molar-refractivity contribution in [2.24, 2.45) is 11.7 Å². The SMILES string of the molecule is CC[C@H](C)[C@H](N)C(=O)NC1CCN(C(C)(C)C)CC1. The molecule has 0 unspecified atom stereocenters. The smallest absolute Gasteiger partial charge is 0.237 e. The largest absolute Gasteiger partial charge is 0.352 e. The summed E-state index contributed by atoms with van der Waals surface area (Å²) in [7, 11) is 0. The van der Waals surface area contributed by atoms with Crippen molar-refractivity contribution < 1.29 is 4.79 Å². The maximum Gasteiger partial charge on any atom is 0.237 e. The van der Waals surface area contributed by atoms with E-state index >= 15 is 0 Å². The van der Waals surface area contributed by atoms with Gasteiger partial charge in [-0.3, -0.25) is 9.69 Å². The molecule has 112 valence electrons. The van der Waals surface area contributed by atoms with Crippen LogP contribution in [0.15, 0.2) is 0 Å². The lowest BCUT2D eigenvalue weighted by Crippen LogP contribution is -2.54. The number of hydrogen-bond acceptors (Lipinski definition) is 3. The van der Waals surface area contributed by atoms with Crippen molar-refractivity contribution in [1.29, 1.82) is 0 Å². The topological polar surface area (TPSA) is 58.4 Å². The van der Waals surface area contributed by atoms with Gasteiger partial charge in [0, 0.05) is 24.7 Å². The van der Waals surface area contributed by atoms with E-state index in [1.807, 2.05) is 6.92 Å². The van der Waals surface area contributed by atoms with Crippen LogP contribution in [0, 0.1) is 5.92 Å². The standard InChI is InChI=1S/C15H31N3O/c1-6-11(2)13(16)14(19)17-12-7-9-18(10-8-12)15(3,4)5/h11-13H,6-10,16H2,1-5H3,(H,17,19)/t11-,13-/m0/s1. The summed E-state index contributed by atoms with van der Waals surface area (Å²) in [5.74, 6) is 0.262. The molecule has 3 N–H and O–H groups in total. The van der Waals surface area contributed by atoms with E-state index in [0.717, 1.165) is 32.4 Å². The molecule has 2 atom stereocenters. The average molecular weight is 269 g/mol. The van der Waals surface area contributed by atoms with Gasteiger partial charge in [0.1, 0.15) is 0 Å². The molecule has 1 aliphatic rings. The Morgan fingerprint density at radius 3 is 2.32 bits per heavy atom. The van der Waals surface area contributed by atoms with Crippen LogP contribution in [0.5, 0.6) is 0 Å². The number of amides is 1. The van der Waals surface area contributed by atoms with E-state index in [9.17, 15) is 4.79 Å². The van der Waals surface area contributed by atoms with E-state index in [0.29, 0.717) is 6.04 Å². The number of rotatable bonds is 4. The van der Waals surface area contributed by atoms with Gasteiger partial charge in [0.05, 0.1) is 6.04 Å². The first kappa shape index (κ1) is 16.4. The Balaban J connectivity index is 2.39. The number of nitrogens with two attached hydrogens (primary N) is 1. The minimum Gasteiger partial charge on any atom is -0.352 e. The van der Waals surface area contributed by atoms with E-state index in [1.165, 1.54) is 0 Å². The second-order valence-corrected chi connectivity index (χ2v) is 6.85. The van der Waals surface area contributed by atoms with Gasteiger partial charge in [-0.1, -0.05) is 20.3 Å². The van der Waals surface area contributed by atoms with Gasteiger partial charge in [0.2, 0.25) is 5.91 Å². The third-order valence-corrected chi connectivity index (χ3v) is 4.35. The molecule has 0 saturated carbocycles. The van der Waals surface area contributed by atoms with Gasteiger partial charge in [0.25, 0.3) is 0 Å². The van der Waals surface area contributed by atoms with Crippen molar-refractivity contribution in [3.8, 4) is 0 Å². The maximum atomic E-state index is 12.0. The Morgan fingerprint density at radius 2 is 1.89 bits per heavy atom. The zero-order valence-electron chi connectivity index (χ0n) is 13.2. The minimum absolute atomic E-state index is 0.0172. The first-order valence-electron chi connectivity index (χ1n) is 7.56. The number of hydrogen-bond donors (Lipinski definition) is 2. The monoisotopic (exact) mass is 269 g/mol. The highest BCUT2D eigenvalue weighted by atomic mass is 16.2. The minimum atomic E-state index is -0.370. The predicted molar refractivity (Wildman–Crippen MR) is 79.9 cm³/mol. The summed E-state index contributed by atoms with van der Waals surface area (Å²) >= 11 is 0. The second kappa shape index (κ2) is 6.71. The van der Waals surface area contributed by atoms with Crippen molar-refractivity contribution in [3.05, 3.63) is 0 Å². The van der Waals surface area contributed by atoms with Gasteiger partial charge in [-0.05, 0) is 39.5 Å². The van der Waals surface area contributed by atoms with Gasteiger partial charge < -0.3 is 11.1 Å². The van der Waals surface area contributed by atoms with Gasteiger partial charge in [-0.2, -0.15) is 0 Å². The molecule has 4 nitrogen and oxygen atoms in total. The lowest BCUT2D eigenvalue weighted by Gasteiger charge is -2.41. The van der Waals surface area contributed by atoms with Crippen molar-refractivity contribution >= 4 is 5.91 Å². The summed E-state index contributed by atoms with van der Waals surface area (Å²) in [6, 6.07) is -0.0770. The molecule has 1 saturated heterocycles. The molecule has 1 rings (SSSR count). The molecule has 1 aliphatic heterocycles. The molecular weight excluding hydrogens is 238 g/mol. The van der Waals surface area contributed by atoms with Gasteiger partial charge in [-0.25, -0.2) is 0 Å². The van der Waals surface area contributed by atoms with Gasteiger partial charge in [-0.15, -0.1) is 0 Å². The van der Waals surface area contributed by atoms with Crippen molar-refractivity contribution in [2.75, 3.05) is 13.1 Å². The first-order valence-corrected chi connectivity index (χ1v) is 7.56. The van der Waals surface area contributed by atoms with Crippen LogP contribution in [0.3, 0.4) is 0 Å². The quantitative estimate of drug-likeness (QED) is 0.817. The Hall–Kier alpha value is -0.610. The molecule has 0 aromatic carbocycles. The number of likely N-dealkylation sites (tertiary alicyclic amines) is 1. The van der Waals surface area contributed by atoms with Gasteiger partial charge >= 0.3 is 0 Å². The van der Waals surface area contributed by atoms with Crippen molar-refractivity contribution in [1.82, 2.24) is 10.2 Å². The molecule has 4 heteroatoms. The molecule has 0 spiro atoms. The molecular formula is C15H31N3O. The molecule has 19 heavy (non-hydrogen) atoms. The van der Waals surface area contributed by atoms with Crippen LogP contribution < -0.4 is 11.1 Å². The highest BCUT2D eigenvalue weighted by molar-refractivity contribution is 5.82. The highest BCUT2D eigenvalue weighted by Crippen LogP contribution is 2.20. The van der Waals surface area contributed by atoms with E-state index in [1.54, 1.807) is 0 Å². The Morgan fingerprint density at radius 1 is 1.37 bits per heavy atom. The fourth-order valence-corrected chi connectivity index (χ4v) is 2.50. The Bertz CT molecular complexity index is 290. The normalized spacial score (nSPS) is 22.0. The summed E-state index contributed by atoms with van der Waals surface area (Å²) in [6.07, 6.45) is 2.99. The van der Waals surface area contributed by atoms with Crippen molar-refractivity contribution in [2.45, 2.75) is 71.5 Å². The molecule has 0 bridgehead atoms. The molecule has 0 aromatic heterocycles. The molecule has 1 fully saturated rings. The lowest BCUT2D eigenvalue weighted by molar-refractivity contribution is -0.124. The number of carbonyl (C=O) groups is 1. The molecule has 0 aromatic rings. The third kappa shape index (κ3) is 4.77. The molecule has 0 aliphatic carbocycles. The number of piperidine rings is 1. The molecule has 1 heterocycles. The fraction of sp³-hybridized carbons (Fsp3) is 0.933. The zero-order chi connectivity index (χ0) is 14.6. The van der Waals surface area contributed by atoms with E-state index in [2.05, 4.69) is 37.9 Å². The summed E-state index contributed by atoms with van der Waals surface area (Å²) in [5, 5.41) is 3.12. The number of nitrogens with one attached hydrogen (secondary N) is 1. The van der Waals surface area contributed by atoms with E-state index in [4.69, 9.17) is 5.73 Å². The van der Waals surface area contributed by atoms with Gasteiger partial charge in [0.15, 0.2) is 0 Å². The fourth-order valence-electron chi connectivity index (χ4n) is 2.50.